The van der Waals surface area contributed by atoms with E-state index >= 15 is 0 Å². The molecule has 0 rings (SSSR count). The van der Waals surface area contributed by atoms with Crippen molar-refractivity contribution in [2.24, 2.45) is 0 Å². The number of hydrogen-bond donors (Lipinski definition) is 3. The van der Waals surface area contributed by atoms with Gasteiger partial charge in [-0.3, -0.25) is 9.59 Å². The normalized spacial score (nSPS) is 12.7. The van der Waals surface area contributed by atoms with Gasteiger partial charge in [-0.2, -0.15) is 0 Å². The van der Waals surface area contributed by atoms with Crippen molar-refractivity contribution in [1.82, 2.24) is 5.32 Å². The van der Waals surface area contributed by atoms with E-state index in [-0.39, 0.29) is 18.5 Å². The summed E-state index contributed by atoms with van der Waals surface area (Å²) in [5, 5.41) is 23.2. The third kappa shape index (κ3) is 53.7. The molecule has 6 heteroatoms. The van der Waals surface area contributed by atoms with E-state index in [1.54, 1.807) is 6.08 Å². The fraction of sp³-hybridized carbons (Fsp3) is 0.903. The monoisotopic (exact) mass is 958 g/mol. The summed E-state index contributed by atoms with van der Waals surface area (Å²) in [5.41, 5.74) is 0. The maximum absolute atomic E-state index is 12.5. The van der Waals surface area contributed by atoms with Crippen LogP contribution in [0.15, 0.2) is 24.3 Å². The Morgan fingerprint density at radius 1 is 0.397 bits per heavy atom. The lowest BCUT2D eigenvalue weighted by atomic mass is 10.0. The van der Waals surface area contributed by atoms with Crippen molar-refractivity contribution in [3.8, 4) is 0 Å². The molecule has 0 aliphatic carbocycles. The second-order valence-electron chi connectivity index (χ2n) is 21.0. The van der Waals surface area contributed by atoms with Crippen LogP contribution >= 0.6 is 0 Å². The van der Waals surface area contributed by atoms with Gasteiger partial charge in [0.15, 0.2) is 0 Å². The largest absolute Gasteiger partial charge is 0.466 e. The van der Waals surface area contributed by atoms with Gasteiger partial charge in [-0.25, -0.2) is 0 Å². The first kappa shape index (κ1) is 66.3. The molecule has 6 nitrogen and oxygen atoms in total. The van der Waals surface area contributed by atoms with Crippen LogP contribution in [0.4, 0.5) is 0 Å². The summed E-state index contributed by atoms with van der Waals surface area (Å²) in [7, 11) is 0. The molecule has 0 saturated heterocycles. The number of aliphatic hydroxyl groups is 2. The van der Waals surface area contributed by atoms with E-state index in [1.165, 1.54) is 238 Å². The maximum Gasteiger partial charge on any atom is 0.305 e. The number of unbranched alkanes of at least 4 members (excludes halogenated alkanes) is 44. The predicted molar refractivity (Wildman–Crippen MR) is 296 cm³/mol. The number of aliphatic hydroxyl groups excluding tert-OH is 2. The van der Waals surface area contributed by atoms with Crippen LogP contribution in [-0.2, 0) is 14.3 Å². The van der Waals surface area contributed by atoms with E-state index in [0.29, 0.717) is 19.4 Å². The lowest BCUT2D eigenvalue weighted by molar-refractivity contribution is -0.143. The minimum Gasteiger partial charge on any atom is -0.466 e. The van der Waals surface area contributed by atoms with Gasteiger partial charge < -0.3 is 20.3 Å². The highest BCUT2D eigenvalue weighted by molar-refractivity contribution is 5.76. The van der Waals surface area contributed by atoms with Crippen LogP contribution in [0.3, 0.4) is 0 Å². The Labute approximate surface area is 424 Å². The van der Waals surface area contributed by atoms with Gasteiger partial charge in [-0.05, 0) is 57.8 Å². The number of carbonyl (C=O) groups excluding carboxylic acids is 2. The Morgan fingerprint density at radius 2 is 0.691 bits per heavy atom. The molecule has 402 valence electrons. The van der Waals surface area contributed by atoms with E-state index in [2.05, 4.69) is 31.3 Å². The number of amides is 1. The summed E-state index contributed by atoms with van der Waals surface area (Å²) in [6.07, 6.45) is 70.7. The van der Waals surface area contributed by atoms with E-state index in [0.717, 1.165) is 70.6 Å². The highest BCUT2D eigenvalue weighted by Crippen LogP contribution is 2.17. The number of esters is 1. The van der Waals surface area contributed by atoms with Crippen LogP contribution in [0.5, 0.6) is 0 Å². The molecule has 0 spiro atoms. The molecule has 2 unspecified atom stereocenters. The lowest BCUT2D eigenvalue weighted by Crippen LogP contribution is -2.45. The smallest absolute Gasteiger partial charge is 0.305 e. The third-order valence-electron chi connectivity index (χ3n) is 14.2. The zero-order valence-electron chi connectivity index (χ0n) is 45.9. The first-order valence-corrected chi connectivity index (χ1v) is 30.6. The zero-order chi connectivity index (χ0) is 49.3. The molecule has 2 atom stereocenters. The van der Waals surface area contributed by atoms with E-state index in [1.807, 2.05) is 6.08 Å². The molecule has 0 bridgehead atoms. The molecule has 0 fully saturated rings. The Kier molecular flexibility index (Phi) is 56.5. The highest BCUT2D eigenvalue weighted by atomic mass is 16.5. The van der Waals surface area contributed by atoms with Gasteiger partial charge in [0.05, 0.1) is 25.4 Å². The Bertz CT molecular complexity index is 1060. The summed E-state index contributed by atoms with van der Waals surface area (Å²) in [6.45, 7) is 4.89. The van der Waals surface area contributed by atoms with Crippen molar-refractivity contribution in [2.75, 3.05) is 13.2 Å². The number of rotatable bonds is 57. The third-order valence-corrected chi connectivity index (χ3v) is 14.2. The van der Waals surface area contributed by atoms with E-state index in [4.69, 9.17) is 4.74 Å². The molecule has 0 aliphatic rings. The van der Waals surface area contributed by atoms with Gasteiger partial charge in [-0.1, -0.05) is 289 Å². The van der Waals surface area contributed by atoms with Crippen molar-refractivity contribution >= 4 is 11.9 Å². The number of carbonyl (C=O) groups is 2. The Morgan fingerprint density at radius 3 is 1.06 bits per heavy atom. The fourth-order valence-corrected chi connectivity index (χ4v) is 9.51. The topological polar surface area (TPSA) is 95.9 Å². The second-order valence-corrected chi connectivity index (χ2v) is 21.0. The van der Waals surface area contributed by atoms with Gasteiger partial charge in [-0.15, -0.1) is 0 Å². The molecule has 0 aromatic heterocycles. The van der Waals surface area contributed by atoms with Gasteiger partial charge >= 0.3 is 5.97 Å². The van der Waals surface area contributed by atoms with Crippen LogP contribution in [0, 0.1) is 0 Å². The van der Waals surface area contributed by atoms with Crippen molar-refractivity contribution in [2.45, 2.75) is 347 Å². The molecular weight excluding hydrogens is 839 g/mol. The average Bonchev–Trinajstić information content (AvgIpc) is 3.34. The molecule has 0 radical (unpaired) electrons. The quantitative estimate of drug-likeness (QED) is 0.0321. The molecule has 0 aromatic rings. The van der Waals surface area contributed by atoms with Crippen LogP contribution in [0.1, 0.15) is 335 Å². The zero-order valence-corrected chi connectivity index (χ0v) is 45.9. The van der Waals surface area contributed by atoms with Crippen LogP contribution in [0.2, 0.25) is 0 Å². The predicted octanol–water partition coefficient (Wildman–Crippen LogP) is 19.0. The molecular formula is C62H119NO5. The SMILES string of the molecule is CCCCCCCCCCCCCCCCCCCC/C=C/C(O)C(CO)NC(=O)CCCCC/C=C\CCCCCCCCOC(=O)CCCCCCCCCCCCCCCCCCCC. The summed E-state index contributed by atoms with van der Waals surface area (Å²) in [5.74, 6) is -0.104. The Balaban J connectivity index is 3.49. The average molecular weight is 959 g/mol. The van der Waals surface area contributed by atoms with Gasteiger partial charge in [0.25, 0.3) is 0 Å². The minimum atomic E-state index is -0.862. The van der Waals surface area contributed by atoms with Gasteiger partial charge in [0.1, 0.15) is 0 Å². The first-order valence-electron chi connectivity index (χ1n) is 30.6. The molecule has 68 heavy (non-hydrogen) atoms. The molecule has 0 heterocycles. The van der Waals surface area contributed by atoms with Crippen molar-refractivity contribution in [3.63, 3.8) is 0 Å². The highest BCUT2D eigenvalue weighted by Gasteiger charge is 2.18. The molecule has 0 aromatic carbocycles. The van der Waals surface area contributed by atoms with Crippen molar-refractivity contribution < 1.29 is 24.5 Å². The Hall–Kier alpha value is -1.66. The van der Waals surface area contributed by atoms with Crippen LogP contribution in [0.25, 0.3) is 0 Å². The van der Waals surface area contributed by atoms with Gasteiger partial charge in [0.2, 0.25) is 5.91 Å². The minimum absolute atomic E-state index is 0.00905. The second kappa shape index (κ2) is 57.9. The summed E-state index contributed by atoms with van der Waals surface area (Å²) in [4.78, 5) is 24.6. The number of ether oxygens (including phenoxy) is 1. The summed E-state index contributed by atoms with van der Waals surface area (Å²) in [6, 6.07) is -0.648. The molecule has 0 aliphatic heterocycles. The van der Waals surface area contributed by atoms with Crippen LogP contribution < -0.4 is 5.32 Å². The summed E-state index contributed by atoms with van der Waals surface area (Å²) >= 11 is 0. The molecule has 0 saturated carbocycles. The van der Waals surface area contributed by atoms with E-state index < -0.39 is 12.1 Å². The number of nitrogens with one attached hydrogen (secondary N) is 1. The van der Waals surface area contributed by atoms with E-state index in [9.17, 15) is 19.8 Å². The number of allylic oxidation sites excluding steroid dienone is 3. The number of hydrogen-bond acceptors (Lipinski definition) is 5. The standard InChI is InChI=1S/C62H119NO5/c1-3-5-7-9-11-13-15-17-19-21-23-24-25-27-30-34-38-42-46-50-54-60(65)59(58-64)63-61(66)55-51-47-43-39-35-31-29-33-37-41-45-49-53-57-68-62(67)56-52-48-44-40-36-32-28-26-22-20-18-16-14-12-10-8-6-4-2/h31,35,50,54,59-60,64-65H,3-30,32-34,36-49,51-53,55-58H2,1-2H3,(H,63,66)/b35-31-,54-50+. The first-order chi connectivity index (χ1) is 33.5. The lowest BCUT2D eigenvalue weighted by Gasteiger charge is -2.19. The fourth-order valence-electron chi connectivity index (χ4n) is 9.51. The maximum atomic E-state index is 12.5. The van der Waals surface area contributed by atoms with Gasteiger partial charge in [0, 0.05) is 12.8 Å². The molecule has 1 amide bonds. The summed E-state index contributed by atoms with van der Waals surface area (Å²) < 4.78 is 5.48. The van der Waals surface area contributed by atoms with Crippen molar-refractivity contribution in [3.05, 3.63) is 24.3 Å². The molecule has 3 N–H and O–H groups in total. The van der Waals surface area contributed by atoms with Crippen LogP contribution in [-0.4, -0.2) is 47.4 Å². The van der Waals surface area contributed by atoms with Crippen molar-refractivity contribution in [1.29, 1.82) is 0 Å².